The van der Waals surface area contributed by atoms with Crippen LogP contribution >= 0.6 is 0 Å². The second-order valence-corrected chi connectivity index (χ2v) is 3.51. The number of aromatic nitrogens is 2. The molecule has 0 aliphatic carbocycles. The largest absolute Gasteiger partial charge is 0.352 e. The van der Waals surface area contributed by atoms with Gasteiger partial charge in [-0.1, -0.05) is 13.0 Å². The van der Waals surface area contributed by atoms with Gasteiger partial charge in [0.05, 0.1) is 11.0 Å². The first-order valence-corrected chi connectivity index (χ1v) is 5.26. The lowest BCUT2D eigenvalue weighted by atomic mass is 10.2. The molecule has 16 heavy (non-hydrogen) atoms. The van der Waals surface area contributed by atoms with E-state index < -0.39 is 0 Å². The number of fused-ring (bicyclic) bond motifs is 1. The molecule has 0 aliphatic rings. The Labute approximate surface area is 93.7 Å². The Balaban J connectivity index is 2.16. The van der Waals surface area contributed by atoms with Crippen molar-refractivity contribution in [1.82, 2.24) is 15.3 Å². The Bertz CT molecular complexity index is 510. The number of amides is 1. The van der Waals surface area contributed by atoms with Crippen molar-refractivity contribution >= 4 is 16.9 Å². The van der Waals surface area contributed by atoms with E-state index in [9.17, 15) is 4.79 Å². The standard InChI is InChI=1S/C12H13N3O/c1-2-12(16)15-8-9-3-4-10-11(7-9)14-6-5-13-10/h3-7H,2,8H2,1H3,(H,15,16). The third-order valence-electron chi connectivity index (χ3n) is 2.34. The fourth-order valence-electron chi connectivity index (χ4n) is 1.44. The summed E-state index contributed by atoms with van der Waals surface area (Å²) in [4.78, 5) is 19.5. The highest BCUT2D eigenvalue weighted by Gasteiger charge is 2.00. The molecule has 1 aromatic carbocycles. The summed E-state index contributed by atoms with van der Waals surface area (Å²) < 4.78 is 0. The van der Waals surface area contributed by atoms with Gasteiger partial charge in [-0.2, -0.15) is 0 Å². The van der Waals surface area contributed by atoms with Gasteiger partial charge >= 0.3 is 0 Å². The third-order valence-corrected chi connectivity index (χ3v) is 2.34. The van der Waals surface area contributed by atoms with Gasteiger partial charge in [0.2, 0.25) is 5.91 Å². The van der Waals surface area contributed by atoms with Crippen molar-refractivity contribution in [1.29, 1.82) is 0 Å². The zero-order valence-corrected chi connectivity index (χ0v) is 9.10. The van der Waals surface area contributed by atoms with Gasteiger partial charge in [-0.25, -0.2) is 0 Å². The van der Waals surface area contributed by atoms with E-state index in [4.69, 9.17) is 0 Å². The van der Waals surface area contributed by atoms with E-state index in [0.29, 0.717) is 13.0 Å². The van der Waals surface area contributed by atoms with Crippen LogP contribution in [0.5, 0.6) is 0 Å². The minimum atomic E-state index is 0.0549. The fourth-order valence-corrected chi connectivity index (χ4v) is 1.44. The van der Waals surface area contributed by atoms with E-state index in [2.05, 4.69) is 15.3 Å². The molecule has 0 bridgehead atoms. The predicted octanol–water partition coefficient (Wildman–Crippen LogP) is 1.66. The predicted molar refractivity (Wildman–Crippen MR) is 61.7 cm³/mol. The van der Waals surface area contributed by atoms with Crippen LogP contribution in [0.25, 0.3) is 11.0 Å². The smallest absolute Gasteiger partial charge is 0.219 e. The minimum Gasteiger partial charge on any atom is -0.352 e. The molecule has 0 spiro atoms. The molecule has 0 aliphatic heterocycles. The number of benzene rings is 1. The van der Waals surface area contributed by atoms with E-state index in [1.165, 1.54) is 0 Å². The monoisotopic (exact) mass is 215 g/mol. The van der Waals surface area contributed by atoms with Crippen molar-refractivity contribution < 1.29 is 4.79 Å². The lowest BCUT2D eigenvalue weighted by Gasteiger charge is -2.04. The maximum absolute atomic E-state index is 11.1. The molecular formula is C12H13N3O. The van der Waals surface area contributed by atoms with Crippen LogP contribution in [0, 0.1) is 0 Å². The van der Waals surface area contributed by atoms with Gasteiger partial charge in [-0.3, -0.25) is 14.8 Å². The van der Waals surface area contributed by atoms with Gasteiger partial charge in [0.25, 0.3) is 0 Å². The molecule has 1 heterocycles. The summed E-state index contributed by atoms with van der Waals surface area (Å²) in [5, 5.41) is 2.83. The summed E-state index contributed by atoms with van der Waals surface area (Å²) in [6.45, 7) is 2.38. The van der Waals surface area contributed by atoms with Gasteiger partial charge in [-0.15, -0.1) is 0 Å². The summed E-state index contributed by atoms with van der Waals surface area (Å²) in [6.07, 6.45) is 3.84. The van der Waals surface area contributed by atoms with Crippen molar-refractivity contribution in [2.45, 2.75) is 19.9 Å². The van der Waals surface area contributed by atoms with Crippen LogP contribution in [0.3, 0.4) is 0 Å². The first-order chi connectivity index (χ1) is 7.79. The van der Waals surface area contributed by atoms with Gasteiger partial charge < -0.3 is 5.32 Å². The summed E-state index contributed by atoms with van der Waals surface area (Å²) in [5.41, 5.74) is 2.76. The molecule has 0 atom stereocenters. The Morgan fingerprint density at radius 2 is 2.00 bits per heavy atom. The summed E-state index contributed by atoms with van der Waals surface area (Å²) in [5.74, 6) is 0.0549. The molecule has 0 saturated carbocycles. The van der Waals surface area contributed by atoms with Crippen LogP contribution in [0.1, 0.15) is 18.9 Å². The molecule has 2 aromatic rings. The zero-order chi connectivity index (χ0) is 11.4. The summed E-state index contributed by atoms with van der Waals surface area (Å²) >= 11 is 0. The number of hydrogen-bond acceptors (Lipinski definition) is 3. The zero-order valence-electron chi connectivity index (χ0n) is 9.10. The average molecular weight is 215 g/mol. The molecule has 4 nitrogen and oxygen atoms in total. The fraction of sp³-hybridized carbons (Fsp3) is 0.250. The van der Waals surface area contributed by atoms with Crippen LogP contribution in [-0.4, -0.2) is 15.9 Å². The lowest BCUT2D eigenvalue weighted by molar-refractivity contribution is -0.120. The van der Waals surface area contributed by atoms with Crippen molar-refractivity contribution in [3.63, 3.8) is 0 Å². The molecule has 0 unspecified atom stereocenters. The van der Waals surface area contributed by atoms with Crippen LogP contribution < -0.4 is 5.32 Å². The molecule has 0 radical (unpaired) electrons. The average Bonchev–Trinajstić information content (AvgIpc) is 2.35. The normalized spacial score (nSPS) is 10.3. The molecule has 1 amide bonds. The highest BCUT2D eigenvalue weighted by molar-refractivity contribution is 5.76. The summed E-state index contributed by atoms with van der Waals surface area (Å²) in [6, 6.07) is 5.81. The highest BCUT2D eigenvalue weighted by Crippen LogP contribution is 2.10. The minimum absolute atomic E-state index is 0.0549. The second-order valence-electron chi connectivity index (χ2n) is 3.51. The Morgan fingerprint density at radius 3 is 2.75 bits per heavy atom. The van der Waals surface area contributed by atoms with Gasteiger partial charge in [-0.05, 0) is 17.7 Å². The van der Waals surface area contributed by atoms with E-state index >= 15 is 0 Å². The Kier molecular flexibility index (Phi) is 3.10. The number of carbonyl (C=O) groups excluding carboxylic acids is 1. The Hall–Kier alpha value is -1.97. The van der Waals surface area contributed by atoms with Crippen molar-refractivity contribution in [2.75, 3.05) is 0 Å². The molecule has 4 heteroatoms. The topological polar surface area (TPSA) is 54.9 Å². The molecule has 0 saturated heterocycles. The van der Waals surface area contributed by atoms with E-state index in [1.807, 2.05) is 25.1 Å². The molecular weight excluding hydrogens is 202 g/mol. The molecule has 1 aromatic heterocycles. The SMILES string of the molecule is CCC(=O)NCc1ccc2nccnc2c1. The van der Waals surface area contributed by atoms with Crippen molar-refractivity contribution in [3.05, 3.63) is 36.2 Å². The van der Waals surface area contributed by atoms with Crippen molar-refractivity contribution in [3.8, 4) is 0 Å². The van der Waals surface area contributed by atoms with Crippen molar-refractivity contribution in [2.24, 2.45) is 0 Å². The van der Waals surface area contributed by atoms with Gasteiger partial charge in [0.1, 0.15) is 0 Å². The van der Waals surface area contributed by atoms with E-state index in [0.717, 1.165) is 16.6 Å². The summed E-state index contributed by atoms with van der Waals surface area (Å²) in [7, 11) is 0. The number of carbonyl (C=O) groups is 1. The number of nitrogens with one attached hydrogen (secondary N) is 1. The number of rotatable bonds is 3. The molecule has 0 fully saturated rings. The molecule has 82 valence electrons. The highest BCUT2D eigenvalue weighted by atomic mass is 16.1. The molecule has 2 rings (SSSR count). The van der Waals surface area contributed by atoms with E-state index in [1.54, 1.807) is 12.4 Å². The first-order valence-electron chi connectivity index (χ1n) is 5.26. The number of hydrogen-bond donors (Lipinski definition) is 1. The lowest BCUT2D eigenvalue weighted by Crippen LogP contribution is -2.21. The maximum atomic E-state index is 11.1. The molecule has 1 N–H and O–H groups in total. The third kappa shape index (κ3) is 2.34. The maximum Gasteiger partial charge on any atom is 0.219 e. The van der Waals surface area contributed by atoms with Crippen LogP contribution in [-0.2, 0) is 11.3 Å². The van der Waals surface area contributed by atoms with Gasteiger partial charge in [0, 0.05) is 25.4 Å². The quantitative estimate of drug-likeness (QED) is 0.847. The van der Waals surface area contributed by atoms with Crippen LogP contribution in [0.2, 0.25) is 0 Å². The first kappa shape index (κ1) is 10.5. The Morgan fingerprint density at radius 1 is 1.25 bits per heavy atom. The van der Waals surface area contributed by atoms with Crippen LogP contribution in [0.15, 0.2) is 30.6 Å². The second kappa shape index (κ2) is 4.70. The van der Waals surface area contributed by atoms with Crippen LogP contribution in [0.4, 0.5) is 0 Å². The number of nitrogens with zero attached hydrogens (tertiary/aromatic N) is 2. The van der Waals surface area contributed by atoms with E-state index in [-0.39, 0.29) is 5.91 Å². The van der Waals surface area contributed by atoms with Gasteiger partial charge in [0.15, 0.2) is 0 Å².